The normalized spacial score (nSPS) is 14.3. The summed E-state index contributed by atoms with van der Waals surface area (Å²) in [5, 5.41) is 1.77. The fraction of sp³-hybridized carbons (Fsp3) is 0.290. The first-order chi connectivity index (χ1) is 19.1. The van der Waals surface area contributed by atoms with Crippen LogP contribution < -0.4 is 4.90 Å². The molecule has 39 heavy (non-hydrogen) atoms. The molecular formula is C31H32N4O3S. The van der Waals surface area contributed by atoms with E-state index in [1.165, 1.54) is 3.97 Å². The van der Waals surface area contributed by atoms with Crippen LogP contribution in [0.5, 0.6) is 0 Å². The van der Waals surface area contributed by atoms with Gasteiger partial charge in [-0.3, -0.25) is 4.98 Å². The van der Waals surface area contributed by atoms with E-state index in [0.717, 1.165) is 85.3 Å². The van der Waals surface area contributed by atoms with Crippen LogP contribution in [0.25, 0.3) is 33.2 Å². The lowest BCUT2D eigenvalue weighted by Crippen LogP contribution is -2.36. The van der Waals surface area contributed by atoms with E-state index >= 15 is 0 Å². The summed E-state index contributed by atoms with van der Waals surface area (Å²) >= 11 is 0. The van der Waals surface area contributed by atoms with Gasteiger partial charge in [-0.1, -0.05) is 44.0 Å². The third kappa shape index (κ3) is 4.79. The second-order valence-corrected chi connectivity index (χ2v) is 11.7. The van der Waals surface area contributed by atoms with Crippen LogP contribution in [0.1, 0.15) is 31.7 Å². The highest BCUT2D eigenvalue weighted by Crippen LogP contribution is 2.36. The summed E-state index contributed by atoms with van der Waals surface area (Å²) in [4.78, 5) is 11.9. The smallest absolute Gasteiger partial charge is 0.269 e. The second kappa shape index (κ2) is 10.8. The molecule has 7 nitrogen and oxygen atoms in total. The van der Waals surface area contributed by atoms with E-state index in [1.54, 1.807) is 30.5 Å². The van der Waals surface area contributed by atoms with Gasteiger partial charge in [-0.2, -0.15) is 0 Å². The van der Waals surface area contributed by atoms with Crippen LogP contribution in [0, 0.1) is 0 Å². The Kier molecular flexibility index (Phi) is 7.06. The van der Waals surface area contributed by atoms with Crippen molar-refractivity contribution in [3.8, 4) is 11.3 Å². The molecule has 0 amide bonds. The predicted molar refractivity (Wildman–Crippen MR) is 156 cm³/mol. The van der Waals surface area contributed by atoms with Crippen molar-refractivity contribution in [3.63, 3.8) is 0 Å². The first kappa shape index (κ1) is 25.5. The Bertz CT molecular complexity index is 1710. The highest BCUT2D eigenvalue weighted by Gasteiger charge is 2.25. The Morgan fingerprint density at radius 3 is 2.49 bits per heavy atom. The van der Waals surface area contributed by atoms with Gasteiger partial charge in [-0.05, 0) is 60.9 Å². The van der Waals surface area contributed by atoms with E-state index in [4.69, 9.17) is 9.72 Å². The lowest BCUT2D eigenvalue weighted by atomic mass is 10.0. The zero-order valence-corrected chi connectivity index (χ0v) is 22.9. The molecule has 6 rings (SSSR count). The number of ether oxygens (including phenoxy) is 1. The third-order valence-electron chi connectivity index (χ3n) is 7.45. The number of unbranched alkanes of at least 4 members (excludes halogenated alkanes) is 2. The Morgan fingerprint density at radius 1 is 0.923 bits per heavy atom. The molecule has 4 heterocycles. The first-order valence-electron chi connectivity index (χ1n) is 13.6. The monoisotopic (exact) mass is 540 g/mol. The lowest BCUT2D eigenvalue weighted by Gasteiger charge is -2.28. The fourth-order valence-electron chi connectivity index (χ4n) is 5.40. The maximum absolute atomic E-state index is 13.9. The maximum Gasteiger partial charge on any atom is 0.269 e. The molecule has 0 saturated carbocycles. The SMILES string of the molecule is CCCCCc1ccnc2c1c1cc(-c3ccc(N4CCOCC4)cn3)ccc1n2S(=O)(=O)c1ccccc1. The summed E-state index contributed by atoms with van der Waals surface area (Å²) in [6, 6.07) is 20.6. The van der Waals surface area contributed by atoms with Crippen molar-refractivity contribution in [3.05, 3.63) is 84.7 Å². The highest BCUT2D eigenvalue weighted by atomic mass is 32.2. The van der Waals surface area contributed by atoms with Gasteiger partial charge in [0.15, 0.2) is 5.65 Å². The molecule has 2 aromatic carbocycles. The van der Waals surface area contributed by atoms with Gasteiger partial charge in [0.1, 0.15) is 0 Å². The molecule has 1 fully saturated rings. The third-order valence-corrected chi connectivity index (χ3v) is 9.16. The average molecular weight is 541 g/mol. The summed E-state index contributed by atoms with van der Waals surface area (Å²) in [7, 11) is -3.86. The average Bonchev–Trinajstić information content (AvgIpc) is 3.33. The van der Waals surface area contributed by atoms with Crippen molar-refractivity contribution in [2.24, 2.45) is 0 Å². The molecule has 5 aromatic rings. The summed E-state index contributed by atoms with van der Waals surface area (Å²) in [6.45, 7) is 5.35. The van der Waals surface area contributed by atoms with Crippen LogP contribution in [-0.4, -0.2) is 48.7 Å². The minimum absolute atomic E-state index is 0.242. The minimum atomic E-state index is -3.86. The lowest BCUT2D eigenvalue weighted by molar-refractivity contribution is 0.122. The molecule has 8 heteroatoms. The van der Waals surface area contributed by atoms with Crippen LogP contribution in [0.4, 0.5) is 5.69 Å². The quantitative estimate of drug-likeness (QED) is 0.223. The number of pyridine rings is 2. The molecule has 0 radical (unpaired) electrons. The maximum atomic E-state index is 13.9. The number of hydrogen-bond donors (Lipinski definition) is 0. The number of anilines is 1. The predicted octanol–water partition coefficient (Wildman–Crippen LogP) is 6.06. The van der Waals surface area contributed by atoms with E-state index in [-0.39, 0.29) is 4.90 Å². The van der Waals surface area contributed by atoms with E-state index in [0.29, 0.717) is 11.2 Å². The zero-order valence-electron chi connectivity index (χ0n) is 22.1. The number of morpholine rings is 1. The van der Waals surface area contributed by atoms with E-state index < -0.39 is 10.0 Å². The van der Waals surface area contributed by atoms with Crippen LogP contribution >= 0.6 is 0 Å². The topological polar surface area (TPSA) is 77.3 Å². The van der Waals surface area contributed by atoms with Crippen molar-refractivity contribution in [2.75, 3.05) is 31.2 Å². The largest absolute Gasteiger partial charge is 0.378 e. The minimum Gasteiger partial charge on any atom is -0.378 e. The fourth-order valence-corrected chi connectivity index (χ4v) is 6.90. The van der Waals surface area contributed by atoms with Crippen LogP contribution in [-0.2, 0) is 21.2 Å². The molecule has 200 valence electrons. The van der Waals surface area contributed by atoms with Gasteiger partial charge in [0.25, 0.3) is 10.0 Å². The van der Waals surface area contributed by atoms with Crippen molar-refractivity contribution in [1.82, 2.24) is 13.9 Å². The molecule has 0 N–H and O–H groups in total. The summed E-state index contributed by atoms with van der Waals surface area (Å²) in [5.41, 5.74) is 5.07. The van der Waals surface area contributed by atoms with Crippen molar-refractivity contribution in [1.29, 1.82) is 0 Å². The Labute approximate surface area is 229 Å². The van der Waals surface area contributed by atoms with Crippen LogP contribution in [0.15, 0.2) is 84.0 Å². The van der Waals surface area contributed by atoms with Crippen molar-refractivity contribution >= 4 is 37.6 Å². The Morgan fingerprint density at radius 2 is 1.74 bits per heavy atom. The number of hydrogen-bond acceptors (Lipinski definition) is 6. The molecule has 3 aromatic heterocycles. The number of fused-ring (bicyclic) bond motifs is 3. The number of aromatic nitrogens is 3. The molecule has 0 unspecified atom stereocenters. The van der Waals surface area contributed by atoms with Gasteiger partial charge in [0.2, 0.25) is 0 Å². The van der Waals surface area contributed by atoms with Crippen LogP contribution in [0.3, 0.4) is 0 Å². The summed E-state index contributed by atoms with van der Waals surface area (Å²) in [6.07, 6.45) is 7.79. The number of benzene rings is 2. The molecule has 1 aliphatic heterocycles. The van der Waals surface area contributed by atoms with E-state index in [2.05, 4.69) is 28.9 Å². The van der Waals surface area contributed by atoms with E-state index in [9.17, 15) is 8.42 Å². The highest BCUT2D eigenvalue weighted by molar-refractivity contribution is 7.90. The standard InChI is InChI=1S/C31H32N4O3S/c1-2-3-5-8-23-15-16-32-31-30(23)27-21-24(28-13-12-25(22-33-28)34-17-19-38-20-18-34)11-14-29(27)35(31)39(36,37)26-9-6-4-7-10-26/h4,6-7,9-16,21-22H,2-3,5,8,17-20H2,1H3. The molecule has 1 saturated heterocycles. The molecule has 0 aliphatic carbocycles. The van der Waals surface area contributed by atoms with Gasteiger partial charge in [-0.25, -0.2) is 17.4 Å². The summed E-state index contributed by atoms with van der Waals surface area (Å²) < 4.78 is 34.8. The van der Waals surface area contributed by atoms with Gasteiger partial charge in [-0.15, -0.1) is 0 Å². The van der Waals surface area contributed by atoms with E-state index in [1.807, 2.05) is 36.5 Å². The van der Waals surface area contributed by atoms with Gasteiger partial charge in [0, 0.05) is 35.6 Å². The van der Waals surface area contributed by atoms with Gasteiger partial charge < -0.3 is 9.64 Å². The molecule has 0 bridgehead atoms. The zero-order chi connectivity index (χ0) is 26.8. The number of nitrogens with zero attached hydrogens (tertiary/aromatic N) is 4. The molecule has 1 aliphatic rings. The number of rotatable bonds is 8. The van der Waals surface area contributed by atoms with Crippen LogP contribution in [0.2, 0.25) is 0 Å². The molecule has 0 atom stereocenters. The Hall–Kier alpha value is -3.75. The molecule has 0 spiro atoms. The van der Waals surface area contributed by atoms with Gasteiger partial charge >= 0.3 is 0 Å². The first-order valence-corrected chi connectivity index (χ1v) is 15.0. The summed E-state index contributed by atoms with van der Waals surface area (Å²) in [5.74, 6) is 0. The second-order valence-electron chi connectivity index (χ2n) is 9.94. The Balaban J connectivity index is 1.51. The molecular weight excluding hydrogens is 508 g/mol. The van der Waals surface area contributed by atoms with Gasteiger partial charge in [0.05, 0.1) is 41.2 Å². The van der Waals surface area contributed by atoms with Crippen molar-refractivity contribution in [2.45, 2.75) is 37.5 Å². The van der Waals surface area contributed by atoms with Crippen molar-refractivity contribution < 1.29 is 13.2 Å². The number of aryl methyl sites for hydroxylation is 1.